The topological polar surface area (TPSA) is 65.0 Å². The standard InChI is InChI=1S/C15H12F3N3O2/c1-2-11-8-12(22-20-11)7-9-3-5-10(6-4-9)13-19-14(23-21-13)15(16,17)18/h3-6,8H,2,7H2,1H3. The van der Waals surface area contributed by atoms with Crippen LogP contribution in [0.1, 0.15) is 29.8 Å². The summed E-state index contributed by atoms with van der Waals surface area (Å²) in [6, 6.07) is 8.69. The van der Waals surface area contributed by atoms with E-state index in [0.717, 1.165) is 23.4 Å². The van der Waals surface area contributed by atoms with Gasteiger partial charge in [0.25, 0.3) is 0 Å². The minimum atomic E-state index is -4.64. The van der Waals surface area contributed by atoms with Gasteiger partial charge in [-0.25, -0.2) is 0 Å². The Morgan fingerprint density at radius 2 is 1.78 bits per heavy atom. The van der Waals surface area contributed by atoms with Gasteiger partial charge in [-0.1, -0.05) is 41.5 Å². The minimum absolute atomic E-state index is 0.100. The summed E-state index contributed by atoms with van der Waals surface area (Å²) in [6.07, 6.45) is -3.30. The highest BCUT2D eigenvalue weighted by molar-refractivity contribution is 5.54. The highest BCUT2D eigenvalue weighted by Gasteiger charge is 2.38. The van der Waals surface area contributed by atoms with Crippen LogP contribution in [0.3, 0.4) is 0 Å². The van der Waals surface area contributed by atoms with E-state index in [0.29, 0.717) is 12.0 Å². The molecular weight excluding hydrogens is 311 g/mol. The lowest BCUT2D eigenvalue weighted by molar-refractivity contribution is -0.159. The van der Waals surface area contributed by atoms with Gasteiger partial charge in [0.1, 0.15) is 5.76 Å². The molecule has 0 unspecified atom stereocenters. The number of hydrogen-bond donors (Lipinski definition) is 0. The van der Waals surface area contributed by atoms with E-state index in [4.69, 9.17) is 4.52 Å². The van der Waals surface area contributed by atoms with Crippen molar-refractivity contribution in [3.05, 3.63) is 53.2 Å². The third kappa shape index (κ3) is 3.41. The van der Waals surface area contributed by atoms with Gasteiger partial charge < -0.3 is 9.05 Å². The van der Waals surface area contributed by atoms with Gasteiger partial charge >= 0.3 is 12.1 Å². The summed E-state index contributed by atoms with van der Waals surface area (Å²) in [5, 5.41) is 7.25. The van der Waals surface area contributed by atoms with Crippen LogP contribution >= 0.6 is 0 Å². The van der Waals surface area contributed by atoms with Gasteiger partial charge in [-0.2, -0.15) is 18.2 Å². The average molecular weight is 323 g/mol. The third-order valence-corrected chi connectivity index (χ3v) is 3.23. The monoisotopic (exact) mass is 323 g/mol. The fourth-order valence-electron chi connectivity index (χ4n) is 2.03. The molecule has 120 valence electrons. The van der Waals surface area contributed by atoms with Gasteiger partial charge in [0.05, 0.1) is 5.69 Å². The molecule has 1 aromatic carbocycles. The Morgan fingerprint density at radius 1 is 1.04 bits per heavy atom. The molecule has 3 aromatic rings. The third-order valence-electron chi connectivity index (χ3n) is 3.23. The van der Waals surface area contributed by atoms with Gasteiger partial charge in [0, 0.05) is 18.1 Å². The van der Waals surface area contributed by atoms with E-state index < -0.39 is 12.1 Å². The molecule has 0 saturated heterocycles. The van der Waals surface area contributed by atoms with E-state index >= 15 is 0 Å². The van der Waals surface area contributed by atoms with Crippen LogP contribution in [0.25, 0.3) is 11.4 Å². The van der Waals surface area contributed by atoms with Crippen LogP contribution in [0.4, 0.5) is 13.2 Å². The van der Waals surface area contributed by atoms with Crippen molar-refractivity contribution in [2.75, 3.05) is 0 Å². The summed E-state index contributed by atoms with van der Waals surface area (Å²) in [5.74, 6) is -0.726. The van der Waals surface area contributed by atoms with Crippen LogP contribution in [0.2, 0.25) is 0 Å². The molecule has 23 heavy (non-hydrogen) atoms. The Morgan fingerprint density at radius 3 is 2.35 bits per heavy atom. The van der Waals surface area contributed by atoms with Crippen molar-refractivity contribution in [3.63, 3.8) is 0 Å². The molecule has 0 saturated carbocycles. The highest BCUT2D eigenvalue weighted by atomic mass is 19.4. The van der Waals surface area contributed by atoms with E-state index in [1.54, 1.807) is 24.3 Å². The van der Waals surface area contributed by atoms with Crippen LogP contribution < -0.4 is 0 Å². The maximum atomic E-state index is 12.4. The lowest BCUT2D eigenvalue weighted by Gasteiger charge is -1.99. The summed E-state index contributed by atoms with van der Waals surface area (Å²) < 4.78 is 46.7. The molecule has 0 radical (unpaired) electrons. The second kappa shape index (κ2) is 5.86. The number of alkyl halides is 3. The molecule has 8 heteroatoms. The van der Waals surface area contributed by atoms with Gasteiger partial charge in [-0.05, 0) is 12.0 Å². The second-order valence-electron chi connectivity index (χ2n) is 4.93. The van der Waals surface area contributed by atoms with E-state index in [1.165, 1.54) is 0 Å². The van der Waals surface area contributed by atoms with E-state index in [1.807, 2.05) is 13.0 Å². The lowest BCUT2D eigenvalue weighted by Crippen LogP contribution is -2.04. The number of aryl methyl sites for hydroxylation is 1. The summed E-state index contributed by atoms with van der Waals surface area (Å²) in [7, 11) is 0. The van der Waals surface area contributed by atoms with Crippen LogP contribution in [0, 0.1) is 0 Å². The lowest BCUT2D eigenvalue weighted by atomic mass is 10.1. The van der Waals surface area contributed by atoms with Crippen molar-refractivity contribution in [1.82, 2.24) is 15.3 Å². The zero-order valence-electron chi connectivity index (χ0n) is 12.1. The van der Waals surface area contributed by atoms with Crippen LogP contribution in [-0.2, 0) is 19.0 Å². The second-order valence-corrected chi connectivity index (χ2v) is 4.93. The fourth-order valence-corrected chi connectivity index (χ4v) is 2.03. The number of rotatable bonds is 4. The van der Waals surface area contributed by atoms with Gasteiger partial charge in [0.15, 0.2) is 0 Å². The first kappa shape index (κ1) is 15.3. The smallest absolute Gasteiger partial charge is 0.361 e. The molecule has 0 atom stereocenters. The highest BCUT2D eigenvalue weighted by Crippen LogP contribution is 2.29. The fraction of sp³-hybridized carbons (Fsp3) is 0.267. The molecule has 0 aliphatic heterocycles. The first-order chi connectivity index (χ1) is 11.0. The van der Waals surface area contributed by atoms with Gasteiger partial charge in [-0.3, -0.25) is 0 Å². The largest absolute Gasteiger partial charge is 0.471 e. The van der Waals surface area contributed by atoms with Crippen LogP contribution in [0.5, 0.6) is 0 Å². The SMILES string of the molecule is CCc1cc(Cc2ccc(-c3noc(C(F)(F)F)n3)cc2)on1. The van der Waals surface area contributed by atoms with Crippen molar-refractivity contribution >= 4 is 0 Å². The van der Waals surface area contributed by atoms with Crippen molar-refractivity contribution in [3.8, 4) is 11.4 Å². The van der Waals surface area contributed by atoms with Gasteiger partial charge in [-0.15, -0.1) is 0 Å². The van der Waals surface area contributed by atoms with E-state index in [-0.39, 0.29) is 5.82 Å². The van der Waals surface area contributed by atoms with Gasteiger partial charge in [0.2, 0.25) is 5.82 Å². The molecule has 0 N–H and O–H groups in total. The summed E-state index contributed by atoms with van der Waals surface area (Å²) >= 11 is 0. The molecule has 0 amide bonds. The normalized spacial score (nSPS) is 11.8. The average Bonchev–Trinajstić information content (AvgIpc) is 3.16. The quantitative estimate of drug-likeness (QED) is 0.728. The summed E-state index contributed by atoms with van der Waals surface area (Å²) in [5.41, 5.74) is 2.26. The number of aromatic nitrogens is 3. The van der Waals surface area contributed by atoms with E-state index in [9.17, 15) is 13.2 Å². The van der Waals surface area contributed by atoms with E-state index in [2.05, 4.69) is 19.8 Å². The Bertz CT molecular complexity index is 791. The van der Waals surface area contributed by atoms with Crippen molar-refractivity contribution in [1.29, 1.82) is 0 Å². The molecule has 0 aliphatic rings. The first-order valence-electron chi connectivity index (χ1n) is 6.90. The minimum Gasteiger partial charge on any atom is -0.361 e. The van der Waals surface area contributed by atoms with Crippen molar-refractivity contribution in [2.45, 2.75) is 25.9 Å². The maximum absolute atomic E-state index is 12.4. The maximum Gasteiger partial charge on any atom is 0.471 e. The molecule has 0 aliphatic carbocycles. The van der Waals surface area contributed by atoms with Crippen molar-refractivity contribution in [2.24, 2.45) is 0 Å². The molecule has 2 heterocycles. The molecule has 0 spiro atoms. The Labute approximate surface area is 129 Å². The molecule has 0 bridgehead atoms. The number of halogens is 3. The Balaban J connectivity index is 1.75. The number of hydrogen-bond acceptors (Lipinski definition) is 5. The molecular formula is C15H12F3N3O2. The summed E-state index contributed by atoms with van der Waals surface area (Å²) in [4.78, 5) is 3.35. The van der Waals surface area contributed by atoms with Crippen LogP contribution in [0.15, 0.2) is 39.4 Å². The molecule has 5 nitrogen and oxygen atoms in total. The first-order valence-corrected chi connectivity index (χ1v) is 6.90. The van der Waals surface area contributed by atoms with Crippen LogP contribution in [-0.4, -0.2) is 15.3 Å². The Kier molecular flexibility index (Phi) is 3.89. The molecule has 0 fully saturated rings. The Hall–Kier alpha value is -2.64. The molecule has 2 aromatic heterocycles. The number of nitrogens with zero attached hydrogens (tertiary/aromatic N) is 3. The predicted molar refractivity (Wildman–Crippen MR) is 73.4 cm³/mol. The predicted octanol–water partition coefficient (Wildman–Crippen LogP) is 3.90. The molecule has 3 rings (SSSR count). The summed E-state index contributed by atoms with van der Waals surface area (Å²) in [6.45, 7) is 1.98. The zero-order valence-corrected chi connectivity index (χ0v) is 12.1. The van der Waals surface area contributed by atoms with Crippen molar-refractivity contribution < 1.29 is 22.2 Å². The zero-order chi connectivity index (χ0) is 16.4. The number of benzene rings is 1.